The number of amides is 1. The molecule has 0 fully saturated rings. The zero-order valence-corrected chi connectivity index (χ0v) is 15.9. The third kappa shape index (κ3) is 4.60. The number of aryl methyl sites for hydroxylation is 1. The maximum absolute atomic E-state index is 12.3. The number of rotatable bonds is 6. The number of nitrogens with one attached hydrogen (secondary N) is 2. The highest BCUT2D eigenvalue weighted by Crippen LogP contribution is 2.29. The Balaban J connectivity index is 0.00000151. The molecule has 0 aliphatic rings. The van der Waals surface area contributed by atoms with Crippen molar-refractivity contribution in [1.29, 1.82) is 0 Å². The van der Waals surface area contributed by atoms with Crippen molar-refractivity contribution in [3.63, 3.8) is 0 Å². The topological polar surface area (TPSA) is 83.4 Å². The molecule has 2 aromatic rings. The molecule has 0 saturated heterocycles. The van der Waals surface area contributed by atoms with Crippen molar-refractivity contribution in [3.05, 3.63) is 35.0 Å². The van der Waals surface area contributed by atoms with E-state index in [0.29, 0.717) is 18.7 Å². The molecule has 0 bridgehead atoms. The van der Waals surface area contributed by atoms with Crippen LogP contribution in [0.1, 0.15) is 60.0 Å². The SMILES string of the molecule is CC.CNCCNC(=O)c1cc(C(C)C)c2c(c1)cc(C(=O)O)n2C. The van der Waals surface area contributed by atoms with E-state index >= 15 is 0 Å². The van der Waals surface area contributed by atoms with Gasteiger partial charge >= 0.3 is 5.97 Å². The van der Waals surface area contributed by atoms with Gasteiger partial charge in [0.15, 0.2) is 0 Å². The molecule has 1 heterocycles. The Kier molecular flexibility index (Phi) is 7.64. The Morgan fingerprint density at radius 3 is 2.32 bits per heavy atom. The van der Waals surface area contributed by atoms with Gasteiger partial charge in [-0.25, -0.2) is 4.79 Å². The molecule has 2 rings (SSSR count). The normalized spacial score (nSPS) is 10.5. The van der Waals surface area contributed by atoms with Gasteiger partial charge in [0.25, 0.3) is 5.91 Å². The van der Waals surface area contributed by atoms with Crippen LogP contribution in [-0.2, 0) is 7.05 Å². The first kappa shape index (κ1) is 20.7. The molecule has 6 nitrogen and oxygen atoms in total. The highest BCUT2D eigenvalue weighted by atomic mass is 16.4. The van der Waals surface area contributed by atoms with Crippen LogP contribution in [0.4, 0.5) is 0 Å². The van der Waals surface area contributed by atoms with E-state index in [0.717, 1.165) is 16.5 Å². The first-order valence-electron chi connectivity index (χ1n) is 8.66. The van der Waals surface area contributed by atoms with Crippen molar-refractivity contribution >= 4 is 22.8 Å². The van der Waals surface area contributed by atoms with Gasteiger partial charge in [0, 0.05) is 31.1 Å². The Morgan fingerprint density at radius 2 is 1.80 bits per heavy atom. The second-order valence-corrected chi connectivity index (χ2v) is 5.91. The number of fused-ring (bicyclic) bond motifs is 1. The fourth-order valence-corrected chi connectivity index (χ4v) is 2.72. The number of aromatic carboxylic acids is 1. The van der Waals surface area contributed by atoms with Crippen LogP contribution in [0.25, 0.3) is 10.9 Å². The van der Waals surface area contributed by atoms with E-state index in [4.69, 9.17) is 0 Å². The van der Waals surface area contributed by atoms with E-state index in [1.807, 2.05) is 40.8 Å². The number of hydrogen-bond acceptors (Lipinski definition) is 3. The summed E-state index contributed by atoms with van der Waals surface area (Å²) in [5.74, 6) is -0.944. The minimum Gasteiger partial charge on any atom is -0.477 e. The number of carbonyl (C=O) groups is 2. The predicted molar refractivity (Wildman–Crippen MR) is 102 cm³/mol. The maximum atomic E-state index is 12.3. The van der Waals surface area contributed by atoms with Gasteiger partial charge < -0.3 is 20.3 Å². The first-order chi connectivity index (χ1) is 11.9. The highest BCUT2D eigenvalue weighted by molar-refractivity contribution is 6.02. The van der Waals surface area contributed by atoms with E-state index in [-0.39, 0.29) is 17.5 Å². The second kappa shape index (κ2) is 9.22. The van der Waals surface area contributed by atoms with Gasteiger partial charge in [0.2, 0.25) is 0 Å². The molecule has 1 amide bonds. The van der Waals surface area contributed by atoms with Crippen LogP contribution in [0, 0.1) is 0 Å². The maximum Gasteiger partial charge on any atom is 0.352 e. The van der Waals surface area contributed by atoms with Crippen LogP contribution < -0.4 is 10.6 Å². The van der Waals surface area contributed by atoms with Crippen molar-refractivity contribution < 1.29 is 14.7 Å². The number of hydrogen-bond donors (Lipinski definition) is 3. The molecule has 6 heteroatoms. The molecule has 0 atom stereocenters. The average molecular weight is 347 g/mol. The minimum absolute atomic E-state index is 0.148. The van der Waals surface area contributed by atoms with Gasteiger partial charge in [-0.3, -0.25) is 4.79 Å². The lowest BCUT2D eigenvalue weighted by Gasteiger charge is -2.13. The number of nitrogens with zero attached hydrogens (tertiary/aromatic N) is 1. The van der Waals surface area contributed by atoms with E-state index in [9.17, 15) is 14.7 Å². The molecule has 0 aliphatic heterocycles. The lowest BCUT2D eigenvalue weighted by Crippen LogP contribution is -2.30. The van der Waals surface area contributed by atoms with Gasteiger partial charge in [-0.15, -0.1) is 0 Å². The summed E-state index contributed by atoms with van der Waals surface area (Å²) in [4.78, 5) is 23.7. The van der Waals surface area contributed by atoms with E-state index in [2.05, 4.69) is 10.6 Å². The van der Waals surface area contributed by atoms with Crippen LogP contribution in [0.15, 0.2) is 18.2 Å². The van der Waals surface area contributed by atoms with Crippen molar-refractivity contribution in [2.24, 2.45) is 7.05 Å². The molecule has 0 spiro atoms. The number of aromatic nitrogens is 1. The third-order valence-corrected chi connectivity index (χ3v) is 3.92. The van der Waals surface area contributed by atoms with Gasteiger partial charge in [0.1, 0.15) is 5.69 Å². The number of carbonyl (C=O) groups excluding carboxylic acids is 1. The smallest absolute Gasteiger partial charge is 0.352 e. The van der Waals surface area contributed by atoms with Gasteiger partial charge in [-0.1, -0.05) is 27.7 Å². The molecule has 138 valence electrons. The zero-order chi connectivity index (χ0) is 19.1. The largest absolute Gasteiger partial charge is 0.477 e. The summed E-state index contributed by atoms with van der Waals surface area (Å²) < 4.78 is 1.68. The van der Waals surface area contributed by atoms with Crippen molar-refractivity contribution in [2.75, 3.05) is 20.1 Å². The quantitative estimate of drug-likeness (QED) is 0.702. The van der Waals surface area contributed by atoms with E-state index < -0.39 is 5.97 Å². The molecule has 0 aliphatic carbocycles. The third-order valence-electron chi connectivity index (χ3n) is 3.92. The molecule has 0 radical (unpaired) electrons. The molecule has 25 heavy (non-hydrogen) atoms. The van der Waals surface area contributed by atoms with Crippen molar-refractivity contribution in [2.45, 2.75) is 33.6 Å². The molecular formula is C19H29N3O3. The predicted octanol–water partition coefficient (Wildman–Crippen LogP) is 2.98. The van der Waals surface area contributed by atoms with Crippen LogP contribution in [0.2, 0.25) is 0 Å². The molecule has 1 aromatic heterocycles. The standard InChI is InChI=1S/C17H23N3O3.C2H6/c1-10(2)13-8-12(16(21)19-6-5-18-3)7-11-9-14(17(22)23)20(4)15(11)13;1-2/h7-10,18H,5-6H2,1-4H3,(H,19,21)(H,22,23);1-2H3. The number of likely N-dealkylation sites (N-methyl/N-ethyl adjacent to an activating group) is 1. The summed E-state index contributed by atoms with van der Waals surface area (Å²) in [6, 6.07) is 5.23. The van der Waals surface area contributed by atoms with Crippen LogP contribution in [0.5, 0.6) is 0 Å². The second-order valence-electron chi connectivity index (χ2n) is 5.91. The Bertz CT molecular complexity index is 748. The van der Waals surface area contributed by atoms with Crippen LogP contribution in [-0.4, -0.2) is 41.7 Å². The summed E-state index contributed by atoms with van der Waals surface area (Å²) in [5, 5.41) is 15.9. The average Bonchev–Trinajstić information content (AvgIpc) is 2.93. The summed E-state index contributed by atoms with van der Waals surface area (Å²) in [6.07, 6.45) is 0. The lowest BCUT2D eigenvalue weighted by atomic mass is 9.97. The molecule has 0 unspecified atom stereocenters. The summed E-state index contributed by atoms with van der Waals surface area (Å²) in [7, 11) is 3.57. The van der Waals surface area contributed by atoms with Gasteiger partial charge in [-0.05, 0) is 36.7 Å². The Hall–Kier alpha value is -2.34. The Labute approximate surface area is 149 Å². The van der Waals surface area contributed by atoms with Gasteiger partial charge in [0.05, 0.1) is 5.52 Å². The molecule has 3 N–H and O–H groups in total. The lowest BCUT2D eigenvalue weighted by molar-refractivity contribution is 0.0686. The fourth-order valence-electron chi connectivity index (χ4n) is 2.72. The highest BCUT2D eigenvalue weighted by Gasteiger charge is 2.19. The zero-order valence-electron chi connectivity index (χ0n) is 15.9. The summed E-state index contributed by atoms with van der Waals surface area (Å²) in [5.41, 5.74) is 2.61. The van der Waals surface area contributed by atoms with Crippen molar-refractivity contribution in [1.82, 2.24) is 15.2 Å². The summed E-state index contributed by atoms with van der Waals surface area (Å²) >= 11 is 0. The van der Waals surface area contributed by atoms with Gasteiger partial charge in [-0.2, -0.15) is 0 Å². The molecular weight excluding hydrogens is 318 g/mol. The number of carboxylic acid groups (broad SMARTS) is 1. The van der Waals surface area contributed by atoms with Crippen molar-refractivity contribution in [3.8, 4) is 0 Å². The van der Waals surface area contributed by atoms with Crippen LogP contribution in [0.3, 0.4) is 0 Å². The first-order valence-corrected chi connectivity index (χ1v) is 8.66. The van der Waals surface area contributed by atoms with E-state index in [1.54, 1.807) is 23.7 Å². The monoisotopic (exact) mass is 347 g/mol. The summed E-state index contributed by atoms with van der Waals surface area (Å²) in [6.45, 7) is 9.30. The van der Waals surface area contributed by atoms with Crippen LogP contribution >= 0.6 is 0 Å². The Morgan fingerprint density at radius 1 is 1.16 bits per heavy atom. The van der Waals surface area contributed by atoms with E-state index in [1.165, 1.54) is 0 Å². The molecule has 0 saturated carbocycles. The fraction of sp³-hybridized carbons (Fsp3) is 0.474. The molecule has 1 aromatic carbocycles. The number of benzene rings is 1. The number of carboxylic acids is 1. The minimum atomic E-state index is -0.974.